The van der Waals surface area contributed by atoms with Gasteiger partial charge in [-0.05, 0) is 29.3 Å². The summed E-state index contributed by atoms with van der Waals surface area (Å²) in [5, 5.41) is 0. The fourth-order valence-corrected chi connectivity index (χ4v) is 1.74. The van der Waals surface area contributed by atoms with E-state index in [4.69, 9.17) is 0 Å². The third-order valence-electron chi connectivity index (χ3n) is 2.53. The molecule has 0 spiro atoms. The van der Waals surface area contributed by atoms with E-state index in [0.717, 1.165) is 6.42 Å². The molecule has 0 saturated heterocycles. The molecular weight excluding hydrogens is 196 g/mol. The van der Waals surface area contributed by atoms with Gasteiger partial charge >= 0.3 is 0 Å². The molecule has 0 aliphatic rings. The minimum atomic E-state index is 0.913. The SMILES string of the molecule is CN(C)c1c[c]ccc1Cc1cccnc1. The van der Waals surface area contributed by atoms with E-state index in [1.807, 2.05) is 24.4 Å². The minimum absolute atomic E-state index is 0.913. The molecule has 1 aromatic carbocycles. The van der Waals surface area contributed by atoms with Crippen LogP contribution in [0.4, 0.5) is 5.69 Å². The molecule has 1 radical (unpaired) electrons. The summed E-state index contributed by atoms with van der Waals surface area (Å²) < 4.78 is 0. The first-order valence-corrected chi connectivity index (χ1v) is 5.32. The standard InChI is InChI=1S/C14H15N2/c1-16(2)14-8-4-3-7-13(14)10-12-6-5-9-15-11-12/h3,5-9,11H,10H2,1-2H3. The summed E-state index contributed by atoms with van der Waals surface area (Å²) >= 11 is 0. The molecule has 0 fully saturated rings. The second kappa shape index (κ2) is 4.79. The van der Waals surface area contributed by atoms with Gasteiger partial charge in [0.25, 0.3) is 0 Å². The fourth-order valence-electron chi connectivity index (χ4n) is 1.74. The highest BCUT2D eigenvalue weighted by Crippen LogP contribution is 2.20. The molecule has 2 aromatic rings. The van der Waals surface area contributed by atoms with Crippen molar-refractivity contribution in [3.05, 3.63) is 59.9 Å². The van der Waals surface area contributed by atoms with Gasteiger partial charge in [0.1, 0.15) is 0 Å². The lowest BCUT2D eigenvalue weighted by Crippen LogP contribution is -2.11. The van der Waals surface area contributed by atoms with E-state index < -0.39 is 0 Å². The Labute approximate surface area is 96.6 Å². The van der Waals surface area contributed by atoms with Crippen molar-refractivity contribution in [3.63, 3.8) is 0 Å². The molecule has 2 heteroatoms. The van der Waals surface area contributed by atoms with Crippen molar-refractivity contribution in [2.75, 3.05) is 19.0 Å². The van der Waals surface area contributed by atoms with E-state index in [0.29, 0.717) is 0 Å². The second-order valence-electron chi connectivity index (χ2n) is 3.99. The largest absolute Gasteiger partial charge is 0.377 e. The fraction of sp³-hybridized carbons (Fsp3) is 0.214. The second-order valence-corrected chi connectivity index (χ2v) is 3.99. The number of anilines is 1. The Balaban J connectivity index is 2.28. The highest BCUT2D eigenvalue weighted by Gasteiger charge is 2.04. The Bertz CT molecular complexity index is 449. The summed E-state index contributed by atoms with van der Waals surface area (Å²) in [6, 6.07) is 13.3. The molecule has 0 amide bonds. The molecule has 1 aromatic heterocycles. The Morgan fingerprint density at radius 3 is 2.88 bits per heavy atom. The lowest BCUT2D eigenvalue weighted by molar-refractivity contribution is 1.07. The van der Waals surface area contributed by atoms with Crippen LogP contribution in [0.15, 0.2) is 42.7 Å². The first-order chi connectivity index (χ1) is 7.77. The van der Waals surface area contributed by atoms with Crippen molar-refractivity contribution in [3.8, 4) is 0 Å². The molecule has 2 nitrogen and oxygen atoms in total. The molecule has 0 unspecified atom stereocenters. The van der Waals surface area contributed by atoms with Crippen LogP contribution in [0, 0.1) is 6.07 Å². The molecule has 0 saturated carbocycles. The van der Waals surface area contributed by atoms with Crippen molar-refractivity contribution in [2.24, 2.45) is 0 Å². The molecule has 0 atom stereocenters. The summed E-state index contributed by atoms with van der Waals surface area (Å²) in [6.45, 7) is 0. The van der Waals surface area contributed by atoms with Crippen LogP contribution in [0.1, 0.15) is 11.1 Å². The topological polar surface area (TPSA) is 16.1 Å². The summed E-state index contributed by atoms with van der Waals surface area (Å²) in [5.41, 5.74) is 3.75. The minimum Gasteiger partial charge on any atom is -0.377 e. The molecule has 16 heavy (non-hydrogen) atoms. The van der Waals surface area contributed by atoms with Crippen molar-refractivity contribution >= 4 is 5.69 Å². The maximum absolute atomic E-state index is 4.13. The summed E-state index contributed by atoms with van der Waals surface area (Å²) in [6.07, 6.45) is 4.63. The number of aromatic nitrogens is 1. The van der Waals surface area contributed by atoms with E-state index in [-0.39, 0.29) is 0 Å². The van der Waals surface area contributed by atoms with Crippen molar-refractivity contribution in [1.29, 1.82) is 0 Å². The first-order valence-electron chi connectivity index (χ1n) is 5.32. The molecule has 0 aliphatic carbocycles. The van der Waals surface area contributed by atoms with Crippen LogP contribution in [-0.4, -0.2) is 19.1 Å². The summed E-state index contributed by atoms with van der Waals surface area (Å²) in [7, 11) is 4.10. The molecule has 0 bridgehead atoms. The molecule has 0 N–H and O–H groups in total. The Hall–Kier alpha value is -1.83. The quantitative estimate of drug-likeness (QED) is 0.775. The lowest BCUT2D eigenvalue weighted by atomic mass is 10.0. The molecular formula is C14H15N2. The van der Waals surface area contributed by atoms with Gasteiger partial charge in [0, 0.05) is 38.6 Å². The molecule has 0 aliphatic heterocycles. The van der Waals surface area contributed by atoms with Crippen LogP contribution in [0.2, 0.25) is 0 Å². The molecule has 2 rings (SSSR count). The van der Waals surface area contributed by atoms with Gasteiger partial charge in [0.05, 0.1) is 0 Å². The van der Waals surface area contributed by atoms with Gasteiger partial charge in [-0.1, -0.05) is 18.2 Å². The number of hydrogen-bond donors (Lipinski definition) is 0. The van der Waals surface area contributed by atoms with Gasteiger partial charge in [0.15, 0.2) is 0 Å². The van der Waals surface area contributed by atoms with Gasteiger partial charge < -0.3 is 4.90 Å². The van der Waals surface area contributed by atoms with Crippen LogP contribution in [0.25, 0.3) is 0 Å². The third-order valence-corrected chi connectivity index (χ3v) is 2.53. The van der Waals surface area contributed by atoms with Crippen LogP contribution < -0.4 is 4.90 Å². The van der Waals surface area contributed by atoms with Gasteiger partial charge in [-0.2, -0.15) is 0 Å². The van der Waals surface area contributed by atoms with Crippen LogP contribution >= 0.6 is 0 Å². The number of pyridine rings is 1. The van der Waals surface area contributed by atoms with E-state index in [9.17, 15) is 0 Å². The van der Waals surface area contributed by atoms with E-state index in [1.54, 1.807) is 6.20 Å². The van der Waals surface area contributed by atoms with Gasteiger partial charge in [0.2, 0.25) is 0 Å². The lowest BCUT2D eigenvalue weighted by Gasteiger charge is -2.17. The first kappa shape index (κ1) is 10.7. The van der Waals surface area contributed by atoms with Gasteiger partial charge in [-0.25, -0.2) is 0 Å². The van der Waals surface area contributed by atoms with Crippen LogP contribution in [0.3, 0.4) is 0 Å². The predicted molar refractivity (Wildman–Crippen MR) is 66.6 cm³/mol. The maximum Gasteiger partial charge on any atom is 0.0403 e. The van der Waals surface area contributed by atoms with Crippen molar-refractivity contribution in [2.45, 2.75) is 6.42 Å². The molecule has 81 valence electrons. The summed E-state index contributed by atoms with van der Waals surface area (Å²) in [5.74, 6) is 0. The monoisotopic (exact) mass is 211 g/mol. The highest BCUT2D eigenvalue weighted by atomic mass is 15.1. The van der Waals surface area contributed by atoms with E-state index in [2.05, 4.69) is 42.2 Å². The highest BCUT2D eigenvalue weighted by molar-refractivity contribution is 5.53. The zero-order valence-electron chi connectivity index (χ0n) is 9.64. The Kier molecular flexibility index (Phi) is 3.20. The Morgan fingerprint density at radius 2 is 2.19 bits per heavy atom. The Morgan fingerprint density at radius 1 is 1.31 bits per heavy atom. The average molecular weight is 211 g/mol. The zero-order chi connectivity index (χ0) is 11.4. The van der Waals surface area contributed by atoms with Crippen molar-refractivity contribution < 1.29 is 0 Å². The van der Waals surface area contributed by atoms with E-state index >= 15 is 0 Å². The van der Waals surface area contributed by atoms with Crippen molar-refractivity contribution in [1.82, 2.24) is 4.98 Å². The number of hydrogen-bond acceptors (Lipinski definition) is 2. The average Bonchev–Trinajstić information content (AvgIpc) is 2.31. The third kappa shape index (κ3) is 2.40. The smallest absolute Gasteiger partial charge is 0.0403 e. The van der Waals surface area contributed by atoms with Gasteiger partial charge in [-0.15, -0.1) is 0 Å². The molecule has 1 heterocycles. The van der Waals surface area contributed by atoms with Crippen LogP contribution in [-0.2, 0) is 6.42 Å². The number of benzene rings is 1. The maximum atomic E-state index is 4.13. The summed E-state index contributed by atoms with van der Waals surface area (Å²) in [4.78, 5) is 6.25. The zero-order valence-corrected chi connectivity index (χ0v) is 9.64. The normalized spacial score (nSPS) is 10.1. The number of rotatable bonds is 3. The van der Waals surface area contributed by atoms with Gasteiger partial charge in [-0.3, -0.25) is 4.98 Å². The van der Waals surface area contributed by atoms with E-state index in [1.165, 1.54) is 16.8 Å². The predicted octanol–water partition coefficient (Wildman–Crippen LogP) is 2.54. The number of nitrogens with zero attached hydrogens (tertiary/aromatic N) is 2. The van der Waals surface area contributed by atoms with Crippen LogP contribution in [0.5, 0.6) is 0 Å².